The Morgan fingerprint density at radius 2 is 1.73 bits per heavy atom. The molecule has 12 nitrogen and oxygen atoms in total. The summed E-state index contributed by atoms with van der Waals surface area (Å²) in [6.07, 6.45) is -4.20. The second kappa shape index (κ2) is 15.1. The smallest absolute Gasteiger partial charge is 0.497 e. The fourth-order valence-corrected chi connectivity index (χ4v) is 8.67. The highest BCUT2D eigenvalue weighted by atomic mass is 35.5. The number of ether oxygens (including phenoxy) is 3. The second-order valence-corrected chi connectivity index (χ2v) is 14.9. The van der Waals surface area contributed by atoms with E-state index in [1.165, 1.54) is 56.3 Å². The molecule has 1 fully saturated rings. The highest BCUT2D eigenvalue weighted by molar-refractivity contribution is 7.93. The summed E-state index contributed by atoms with van der Waals surface area (Å²) in [6.45, 7) is -0.277. The predicted octanol–water partition coefficient (Wildman–Crippen LogP) is 4.46. The zero-order valence-corrected chi connectivity index (χ0v) is 30.4. The quantitative estimate of drug-likeness (QED) is 0.239. The van der Waals surface area contributed by atoms with Crippen LogP contribution in [0.4, 0.5) is 18.9 Å². The zero-order chi connectivity index (χ0) is 38.2. The van der Waals surface area contributed by atoms with Crippen molar-refractivity contribution < 1.29 is 55.6 Å². The maximum Gasteiger partial charge on any atom is 0.573 e. The molecule has 3 aromatic rings. The number of rotatable bonds is 13. The fourth-order valence-electron chi connectivity index (χ4n) is 6.94. The first kappa shape index (κ1) is 39.1. The lowest BCUT2D eigenvalue weighted by Crippen LogP contribution is -2.59. The molecule has 0 spiro atoms. The van der Waals surface area contributed by atoms with Gasteiger partial charge in [-0.05, 0) is 73.7 Å². The van der Waals surface area contributed by atoms with Crippen LogP contribution in [0.5, 0.6) is 17.2 Å². The van der Waals surface area contributed by atoms with E-state index in [9.17, 15) is 36.6 Å². The van der Waals surface area contributed by atoms with E-state index in [0.29, 0.717) is 35.6 Å². The van der Waals surface area contributed by atoms with E-state index < -0.39 is 56.5 Å². The van der Waals surface area contributed by atoms with Crippen LogP contribution in [0.25, 0.3) is 0 Å². The van der Waals surface area contributed by atoms with Crippen molar-refractivity contribution in [1.82, 2.24) is 9.80 Å². The van der Waals surface area contributed by atoms with Crippen molar-refractivity contribution >= 4 is 39.1 Å². The van der Waals surface area contributed by atoms with Gasteiger partial charge >= 0.3 is 6.36 Å². The monoisotopic (exact) mass is 769 g/mol. The van der Waals surface area contributed by atoms with E-state index >= 15 is 4.79 Å². The third kappa shape index (κ3) is 7.14. The second-order valence-electron chi connectivity index (χ2n) is 12.7. The van der Waals surface area contributed by atoms with Gasteiger partial charge in [-0.15, -0.1) is 13.2 Å². The Morgan fingerprint density at radius 3 is 2.37 bits per heavy atom. The Morgan fingerprint density at radius 1 is 1.00 bits per heavy atom. The number of unbranched alkanes of at least 4 members (excludes halogenated alkanes) is 2. The van der Waals surface area contributed by atoms with Gasteiger partial charge in [-0.3, -0.25) is 14.5 Å². The van der Waals surface area contributed by atoms with Crippen LogP contribution in [0.15, 0.2) is 59.5 Å². The van der Waals surface area contributed by atoms with Crippen LogP contribution in [0.3, 0.4) is 0 Å². The number of hydrogen-bond donors (Lipinski definition) is 2. The summed E-state index contributed by atoms with van der Waals surface area (Å²) in [5, 5.41) is 20.4. The number of anilines is 1. The van der Waals surface area contributed by atoms with Crippen molar-refractivity contribution in [3.63, 3.8) is 0 Å². The van der Waals surface area contributed by atoms with E-state index in [4.69, 9.17) is 21.1 Å². The number of aliphatic hydroxyl groups excluding tert-OH is 2. The van der Waals surface area contributed by atoms with Crippen molar-refractivity contribution in [3.05, 3.63) is 76.3 Å². The molecular weight excluding hydrogens is 731 g/mol. The number of amides is 2. The van der Waals surface area contributed by atoms with E-state index in [1.54, 1.807) is 18.2 Å². The lowest BCUT2D eigenvalue weighted by molar-refractivity contribution is -0.275. The average Bonchev–Trinajstić information content (AvgIpc) is 3.59. The molecule has 3 aromatic carbocycles. The Balaban J connectivity index is 1.85. The number of carbonyl (C=O) groups is 2. The molecule has 2 aliphatic rings. The average molecular weight is 770 g/mol. The summed E-state index contributed by atoms with van der Waals surface area (Å²) in [5.41, 5.74) is -1.67. The van der Waals surface area contributed by atoms with Crippen LogP contribution in [0.1, 0.15) is 42.4 Å². The molecule has 17 heteroatoms. The summed E-state index contributed by atoms with van der Waals surface area (Å²) in [6, 6.07) is 10.5. The first-order chi connectivity index (χ1) is 24.5. The lowest BCUT2D eigenvalue weighted by atomic mass is 9.80. The van der Waals surface area contributed by atoms with Crippen molar-refractivity contribution in [2.75, 3.05) is 45.8 Å². The SMILES string of the molecule is COc1ccc(S(=O)(=O)N2C(=O)C(c3cc(CCCCCO)ccc3OC)(N3C[C@H](O)C[C@H]3C(=O)N(C)C)c3cc(Cl)ccc32)c(OC(F)(F)F)c1. The minimum absolute atomic E-state index is 0.00975. The van der Waals surface area contributed by atoms with Gasteiger partial charge in [-0.25, -0.2) is 12.7 Å². The van der Waals surface area contributed by atoms with E-state index in [1.807, 2.05) is 0 Å². The lowest BCUT2D eigenvalue weighted by Gasteiger charge is -2.42. The molecule has 2 aliphatic heterocycles. The number of halogens is 4. The van der Waals surface area contributed by atoms with Gasteiger partial charge in [0.1, 0.15) is 16.4 Å². The third-order valence-electron chi connectivity index (χ3n) is 9.17. The standard InChI is InChI=1S/C35H39ClF3N3O9S/c1-40(2)32(45)28-18-23(44)20-41(28)34(26-16-21(8-6-5-7-15-43)9-13-29(26)50-4)25-17-22(36)10-12-27(25)42(33(34)46)52(47,48)31-14-11-24(49-3)19-30(31)51-35(37,38)39/h9-14,16-17,19,23,28,43-44H,5-8,15,18,20H2,1-4H3/t23-,28+,34?/m1/s1. The number of aryl methyl sites for hydroxylation is 1. The van der Waals surface area contributed by atoms with Gasteiger partial charge in [0.05, 0.1) is 32.1 Å². The molecule has 0 saturated carbocycles. The van der Waals surface area contributed by atoms with Gasteiger partial charge < -0.3 is 29.3 Å². The summed E-state index contributed by atoms with van der Waals surface area (Å²) in [5.74, 6) is -2.85. The van der Waals surface area contributed by atoms with Crippen molar-refractivity contribution in [3.8, 4) is 17.2 Å². The van der Waals surface area contributed by atoms with Gasteiger partial charge in [0, 0.05) is 49.5 Å². The Labute approximate surface area is 304 Å². The molecule has 0 radical (unpaired) electrons. The number of methoxy groups -OCH3 is 2. The fraction of sp³-hybridized carbons (Fsp3) is 0.429. The molecule has 2 N–H and O–H groups in total. The number of fused-ring (bicyclic) bond motifs is 1. The van der Waals surface area contributed by atoms with Crippen LogP contribution in [-0.4, -0.2) is 100 Å². The van der Waals surface area contributed by atoms with Crippen LogP contribution >= 0.6 is 11.6 Å². The Bertz CT molecular complexity index is 1950. The topological polar surface area (TPSA) is 146 Å². The van der Waals surface area contributed by atoms with Gasteiger partial charge in [0.25, 0.3) is 15.9 Å². The molecule has 0 aliphatic carbocycles. The number of benzene rings is 3. The first-order valence-corrected chi connectivity index (χ1v) is 18.1. The maximum absolute atomic E-state index is 15.5. The van der Waals surface area contributed by atoms with Crippen LogP contribution in [0, 0.1) is 0 Å². The van der Waals surface area contributed by atoms with E-state index in [-0.39, 0.29) is 52.9 Å². The molecular formula is C35H39ClF3N3O9S. The summed E-state index contributed by atoms with van der Waals surface area (Å²) in [7, 11) is 0.250. The van der Waals surface area contributed by atoms with Gasteiger partial charge in [-0.2, -0.15) is 0 Å². The summed E-state index contributed by atoms with van der Waals surface area (Å²) in [4.78, 5) is 31.0. The Kier molecular flexibility index (Phi) is 11.4. The Hall–Kier alpha value is -4.09. The van der Waals surface area contributed by atoms with Crippen LogP contribution < -0.4 is 18.5 Å². The number of carbonyl (C=O) groups excluding carboxylic acids is 2. The highest BCUT2D eigenvalue weighted by Crippen LogP contribution is 2.55. The zero-order valence-electron chi connectivity index (χ0n) is 28.8. The van der Waals surface area contributed by atoms with Gasteiger partial charge in [0.15, 0.2) is 11.3 Å². The number of likely N-dealkylation sites (N-methyl/N-ethyl adjacent to an activating group) is 1. The summed E-state index contributed by atoms with van der Waals surface area (Å²) >= 11 is 6.55. The van der Waals surface area contributed by atoms with Crippen molar-refractivity contribution in [1.29, 1.82) is 0 Å². The molecule has 2 heterocycles. The number of aliphatic hydroxyl groups is 2. The number of sulfonamides is 1. The van der Waals surface area contributed by atoms with Crippen LogP contribution in [-0.2, 0) is 31.6 Å². The van der Waals surface area contributed by atoms with Crippen molar-refractivity contribution in [2.24, 2.45) is 0 Å². The first-order valence-electron chi connectivity index (χ1n) is 16.3. The number of β-amino-alcohol motifs (C(OH)–C–C–N with tert-alkyl or cyclic N) is 1. The third-order valence-corrected chi connectivity index (χ3v) is 11.1. The minimum Gasteiger partial charge on any atom is -0.497 e. The number of nitrogens with zero attached hydrogens (tertiary/aromatic N) is 3. The molecule has 1 saturated heterocycles. The molecule has 1 unspecified atom stereocenters. The van der Waals surface area contributed by atoms with E-state index in [0.717, 1.165) is 18.2 Å². The molecule has 0 aromatic heterocycles. The maximum atomic E-state index is 15.5. The number of hydrogen-bond acceptors (Lipinski definition) is 10. The van der Waals surface area contributed by atoms with Crippen molar-refractivity contribution in [2.45, 2.75) is 61.0 Å². The molecule has 52 heavy (non-hydrogen) atoms. The minimum atomic E-state index is -5.32. The molecule has 282 valence electrons. The highest BCUT2D eigenvalue weighted by Gasteiger charge is 2.64. The van der Waals surface area contributed by atoms with E-state index in [2.05, 4.69) is 4.74 Å². The van der Waals surface area contributed by atoms with Gasteiger partial charge in [0.2, 0.25) is 5.91 Å². The molecule has 0 bridgehead atoms. The number of likely N-dealkylation sites (tertiary alicyclic amines) is 1. The van der Waals surface area contributed by atoms with Crippen LogP contribution in [0.2, 0.25) is 5.02 Å². The summed E-state index contributed by atoms with van der Waals surface area (Å²) < 4.78 is 85.8. The predicted molar refractivity (Wildman–Crippen MR) is 184 cm³/mol. The number of alkyl halides is 3. The normalized spacial score (nSPS) is 20.6. The van der Waals surface area contributed by atoms with Gasteiger partial charge in [-0.1, -0.05) is 24.1 Å². The molecule has 5 rings (SSSR count). The molecule has 3 atom stereocenters. The largest absolute Gasteiger partial charge is 0.573 e. The molecule has 2 amide bonds.